The molecule has 1 rings (SSSR count). The smallest absolute Gasteiger partial charge is 0.00957 e. The van der Waals surface area contributed by atoms with Gasteiger partial charge < -0.3 is 0 Å². The summed E-state index contributed by atoms with van der Waals surface area (Å²) in [5, 5.41) is 0. The van der Waals surface area contributed by atoms with Gasteiger partial charge in [-0.05, 0) is 36.8 Å². The van der Waals surface area contributed by atoms with Crippen molar-refractivity contribution in [3.8, 4) is 0 Å². The summed E-state index contributed by atoms with van der Waals surface area (Å²) in [6, 6.07) is 0. The first kappa shape index (κ1) is 7.37. The van der Waals surface area contributed by atoms with Crippen molar-refractivity contribution in [3.63, 3.8) is 0 Å². The summed E-state index contributed by atoms with van der Waals surface area (Å²) in [6.07, 6.45) is 8.38. The van der Waals surface area contributed by atoms with Gasteiger partial charge in [0.2, 0.25) is 0 Å². The van der Waals surface area contributed by atoms with Gasteiger partial charge in [-0.15, -0.1) is 12.3 Å². The Kier molecular flexibility index (Phi) is 2.53. The summed E-state index contributed by atoms with van der Waals surface area (Å²) in [4.78, 5) is 0. The number of rotatable bonds is 3. The fraction of sp³-hybridized carbons (Fsp3) is 0.500. The third-order valence-electron chi connectivity index (χ3n) is 1.88. The van der Waals surface area contributed by atoms with E-state index in [9.17, 15) is 0 Å². The lowest BCUT2D eigenvalue weighted by Crippen LogP contribution is -1.64. The molecule has 0 bridgehead atoms. The minimum Gasteiger partial charge on any atom is -0.129 e. The molecule has 1 aliphatic carbocycles. The van der Waals surface area contributed by atoms with Crippen molar-refractivity contribution in [3.05, 3.63) is 30.5 Å². The second-order valence-electron chi connectivity index (χ2n) is 2.94. The molecule has 10 heavy (non-hydrogen) atoms. The Bertz CT molecular complexity index is 170. The van der Waals surface area contributed by atoms with E-state index >= 15 is 0 Å². The normalized spacial score (nSPS) is 28.5. The second kappa shape index (κ2) is 3.43. The molecule has 1 saturated carbocycles. The standard InChI is InChI=1S/C10H14/c1-3-4-5-6-7-10-8-9(10)2/h3,5,7,9-10H,1,4,8H2,2H3/t6?,9-,10-/m1/s1. The Hall–Kier alpha value is -0.740. The van der Waals surface area contributed by atoms with Crippen LogP contribution in [0.2, 0.25) is 0 Å². The zero-order valence-corrected chi connectivity index (χ0v) is 6.51. The topological polar surface area (TPSA) is 0 Å². The molecule has 0 unspecified atom stereocenters. The van der Waals surface area contributed by atoms with Crippen molar-refractivity contribution < 1.29 is 0 Å². The first-order valence-corrected chi connectivity index (χ1v) is 3.86. The fourth-order valence-electron chi connectivity index (χ4n) is 0.926. The van der Waals surface area contributed by atoms with Gasteiger partial charge in [0.25, 0.3) is 0 Å². The van der Waals surface area contributed by atoms with Gasteiger partial charge in [0.15, 0.2) is 0 Å². The molecule has 0 amide bonds. The van der Waals surface area contributed by atoms with Crippen LogP contribution in [0.5, 0.6) is 0 Å². The highest BCUT2D eigenvalue weighted by Gasteiger charge is 2.29. The molecule has 0 N–H and O–H groups in total. The first-order chi connectivity index (χ1) is 4.84. The van der Waals surface area contributed by atoms with Crippen molar-refractivity contribution in [1.82, 2.24) is 0 Å². The van der Waals surface area contributed by atoms with Crippen molar-refractivity contribution in [2.24, 2.45) is 11.8 Å². The van der Waals surface area contributed by atoms with Crippen LogP contribution in [-0.4, -0.2) is 0 Å². The van der Waals surface area contributed by atoms with Gasteiger partial charge in [0.05, 0.1) is 0 Å². The highest BCUT2D eigenvalue weighted by Crippen LogP contribution is 2.38. The molecule has 0 aromatic heterocycles. The van der Waals surface area contributed by atoms with Crippen molar-refractivity contribution >= 4 is 0 Å². The molecule has 0 aliphatic heterocycles. The number of hydrogen-bond donors (Lipinski definition) is 0. The molecular formula is C10H14. The molecule has 54 valence electrons. The molecule has 0 spiro atoms. The number of allylic oxidation sites excluding steroid dienone is 2. The Morgan fingerprint density at radius 2 is 2.40 bits per heavy atom. The van der Waals surface area contributed by atoms with E-state index in [0.29, 0.717) is 0 Å². The third-order valence-corrected chi connectivity index (χ3v) is 1.88. The van der Waals surface area contributed by atoms with Crippen molar-refractivity contribution in [2.45, 2.75) is 19.8 Å². The Morgan fingerprint density at radius 1 is 1.70 bits per heavy atom. The largest absolute Gasteiger partial charge is 0.129 e. The predicted molar refractivity (Wildman–Crippen MR) is 44.7 cm³/mol. The highest BCUT2D eigenvalue weighted by molar-refractivity contribution is 5.01. The molecule has 0 aromatic rings. The summed E-state index contributed by atoms with van der Waals surface area (Å²) in [5.41, 5.74) is 3.16. The van der Waals surface area contributed by atoms with E-state index in [1.165, 1.54) is 6.42 Å². The zero-order chi connectivity index (χ0) is 7.40. The molecule has 0 saturated heterocycles. The third kappa shape index (κ3) is 2.24. The molecular weight excluding hydrogens is 120 g/mol. The van der Waals surface area contributed by atoms with E-state index in [1.807, 2.05) is 12.2 Å². The summed E-state index contributed by atoms with van der Waals surface area (Å²) >= 11 is 0. The lowest BCUT2D eigenvalue weighted by atomic mass is 10.3. The van der Waals surface area contributed by atoms with Crippen LogP contribution in [0, 0.1) is 11.8 Å². The summed E-state index contributed by atoms with van der Waals surface area (Å²) in [6.45, 7) is 5.90. The Balaban J connectivity index is 2.22. The van der Waals surface area contributed by atoms with E-state index in [1.54, 1.807) is 0 Å². The SMILES string of the molecule is C=CCC=C=C[C@@H]1C[C@H]1C. The fourth-order valence-corrected chi connectivity index (χ4v) is 0.926. The van der Waals surface area contributed by atoms with E-state index in [4.69, 9.17) is 0 Å². The van der Waals surface area contributed by atoms with E-state index in [-0.39, 0.29) is 0 Å². The molecule has 0 heterocycles. The average Bonchev–Trinajstić information content (AvgIpc) is 2.60. The van der Waals surface area contributed by atoms with Gasteiger partial charge in [-0.1, -0.05) is 13.0 Å². The van der Waals surface area contributed by atoms with Gasteiger partial charge in [0, 0.05) is 0 Å². The molecule has 1 fully saturated rings. The molecule has 2 atom stereocenters. The maximum Gasteiger partial charge on any atom is -0.00957 e. The molecule has 1 aliphatic rings. The highest BCUT2D eigenvalue weighted by atomic mass is 14.3. The van der Waals surface area contributed by atoms with Crippen molar-refractivity contribution in [1.29, 1.82) is 0 Å². The van der Waals surface area contributed by atoms with E-state index in [0.717, 1.165) is 18.3 Å². The van der Waals surface area contributed by atoms with Gasteiger partial charge in [0.1, 0.15) is 0 Å². The molecule has 0 heteroatoms. The minimum absolute atomic E-state index is 0.820. The van der Waals surface area contributed by atoms with Crippen LogP contribution in [0.15, 0.2) is 30.5 Å². The van der Waals surface area contributed by atoms with E-state index < -0.39 is 0 Å². The minimum atomic E-state index is 0.820. The molecule has 0 nitrogen and oxygen atoms in total. The van der Waals surface area contributed by atoms with Crippen LogP contribution >= 0.6 is 0 Å². The summed E-state index contributed by atoms with van der Waals surface area (Å²) in [7, 11) is 0. The molecule has 0 radical (unpaired) electrons. The maximum atomic E-state index is 3.62. The van der Waals surface area contributed by atoms with Crippen LogP contribution in [0.25, 0.3) is 0 Å². The monoisotopic (exact) mass is 134 g/mol. The summed E-state index contributed by atoms with van der Waals surface area (Å²) in [5.74, 6) is 1.73. The second-order valence-corrected chi connectivity index (χ2v) is 2.94. The zero-order valence-electron chi connectivity index (χ0n) is 6.51. The van der Waals surface area contributed by atoms with Crippen LogP contribution in [0.4, 0.5) is 0 Å². The van der Waals surface area contributed by atoms with Gasteiger partial charge >= 0.3 is 0 Å². The summed E-state index contributed by atoms with van der Waals surface area (Å²) < 4.78 is 0. The Labute approximate surface area is 62.9 Å². The number of hydrogen-bond acceptors (Lipinski definition) is 0. The maximum absolute atomic E-state index is 3.62. The van der Waals surface area contributed by atoms with Crippen LogP contribution in [0.3, 0.4) is 0 Å². The average molecular weight is 134 g/mol. The van der Waals surface area contributed by atoms with E-state index in [2.05, 4.69) is 25.3 Å². The van der Waals surface area contributed by atoms with Crippen LogP contribution in [-0.2, 0) is 0 Å². The first-order valence-electron chi connectivity index (χ1n) is 3.86. The van der Waals surface area contributed by atoms with Gasteiger partial charge in [-0.25, -0.2) is 0 Å². The van der Waals surface area contributed by atoms with Crippen LogP contribution < -0.4 is 0 Å². The van der Waals surface area contributed by atoms with Crippen LogP contribution in [0.1, 0.15) is 19.8 Å². The lowest BCUT2D eigenvalue weighted by molar-refractivity contribution is 0.900. The lowest BCUT2D eigenvalue weighted by Gasteiger charge is -1.76. The van der Waals surface area contributed by atoms with Gasteiger partial charge in [-0.3, -0.25) is 0 Å². The Morgan fingerprint density at radius 3 is 2.90 bits per heavy atom. The van der Waals surface area contributed by atoms with Crippen molar-refractivity contribution in [2.75, 3.05) is 0 Å². The molecule has 0 aromatic carbocycles. The van der Waals surface area contributed by atoms with Gasteiger partial charge in [-0.2, -0.15) is 0 Å². The quantitative estimate of drug-likeness (QED) is 0.411. The predicted octanol–water partition coefficient (Wildman–Crippen LogP) is 2.93.